The average molecular weight is 257 g/mol. The first-order valence-corrected chi connectivity index (χ1v) is 6.95. The molecule has 19 heavy (non-hydrogen) atoms. The fraction of sp³-hybridized carbons (Fsp3) is 0.438. The molecule has 0 aliphatic heterocycles. The summed E-state index contributed by atoms with van der Waals surface area (Å²) in [5.41, 5.74) is 3.88. The van der Waals surface area contributed by atoms with Crippen molar-refractivity contribution in [2.45, 2.75) is 39.8 Å². The molecule has 1 N–H and O–H groups in total. The first kappa shape index (κ1) is 13.8. The van der Waals surface area contributed by atoms with Gasteiger partial charge in [0.1, 0.15) is 0 Å². The molecule has 0 bridgehead atoms. The van der Waals surface area contributed by atoms with Crippen LogP contribution in [-0.4, -0.2) is 22.4 Å². The van der Waals surface area contributed by atoms with E-state index in [0.717, 1.165) is 19.5 Å². The lowest BCUT2D eigenvalue weighted by atomic mass is 10.1. The minimum atomic E-state index is 0.557. The van der Waals surface area contributed by atoms with Crippen LogP contribution in [0.2, 0.25) is 0 Å². The highest BCUT2D eigenvalue weighted by molar-refractivity contribution is 5.23. The van der Waals surface area contributed by atoms with Gasteiger partial charge in [0.05, 0.1) is 6.54 Å². The van der Waals surface area contributed by atoms with Crippen molar-refractivity contribution in [1.29, 1.82) is 0 Å². The molecule has 2 rings (SSSR count). The number of hydrogen-bond acceptors (Lipinski definition) is 2. The minimum Gasteiger partial charge on any atom is -0.314 e. The lowest BCUT2D eigenvalue weighted by molar-refractivity contribution is 0.590. The van der Waals surface area contributed by atoms with E-state index in [1.165, 1.54) is 16.8 Å². The lowest BCUT2D eigenvalue weighted by Gasteiger charge is -2.09. The second kappa shape index (κ2) is 6.53. The normalized spacial score (nSPS) is 11.2. The van der Waals surface area contributed by atoms with Gasteiger partial charge in [-0.15, -0.1) is 0 Å². The summed E-state index contributed by atoms with van der Waals surface area (Å²) in [7, 11) is 0. The predicted octanol–water partition coefficient (Wildman–Crippen LogP) is 2.78. The first-order valence-electron chi connectivity index (χ1n) is 6.95. The van der Waals surface area contributed by atoms with Gasteiger partial charge in [0.25, 0.3) is 0 Å². The molecule has 0 atom stereocenters. The highest BCUT2D eigenvalue weighted by atomic mass is 15.3. The number of nitrogens with zero attached hydrogens (tertiary/aromatic N) is 2. The summed E-state index contributed by atoms with van der Waals surface area (Å²) in [6, 6.07) is 11.4. The molecule has 0 unspecified atom stereocenters. The summed E-state index contributed by atoms with van der Waals surface area (Å²) >= 11 is 0. The van der Waals surface area contributed by atoms with Crippen LogP contribution in [0.25, 0.3) is 0 Å². The van der Waals surface area contributed by atoms with E-state index >= 15 is 0 Å². The van der Waals surface area contributed by atoms with Crippen molar-refractivity contribution in [2.24, 2.45) is 0 Å². The van der Waals surface area contributed by atoms with Crippen LogP contribution >= 0.6 is 0 Å². The smallest absolute Gasteiger partial charge is 0.0662 e. The predicted molar refractivity (Wildman–Crippen MR) is 79.4 cm³/mol. The molecule has 3 nitrogen and oxygen atoms in total. The van der Waals surface area contributed by atoms with Crippen molar-refractivity contribution in [3.8, 4) is 0 Å². The Balaban J connectivity index is 1.89. The van der Waals surface area contributed by atoms with Crippen molar-refractivity contribution < 1.29 is 0 Å². The van der Waals surface area contributed by atoms with Crippen LogP contribution in [0, 0.1) is 6.92 Å². The van der Waals surface area contributed by atoms with Crippen molar-refractivity contribution in [3.63, 3.8) is 0 Å². The number of aryl methyl sites for hydroxylation is 1. The van der Waals surface area contributed by atoms with Crippen LogP contribution < -0.4 is 5.32 Å². The van der Waals surface area contributed by atoms with E-state index in [1.807, 2.05) is 16.9 Å². The van der Waals surface area contributed by atoms with Gasteiger partial charge in [0.15, 0.2) is 0 Å². The maximum atomic E-state index is 4.31. The zero-order chi connectivity index (χ0) is 13.7. The fourth-order valence-electron chi connectivity index (χ4n) is 2.05. The minimum absolute atomic E-state index is 0.557. The first-order chi connectivity index (χ1) is 9.15. The summed E-state index contributed by atoms with van der Waals surface area (Å²) in [6.07, 6.45) is 2.93. The summed E-state index contributed by atoms with van der Waals surface area (Å²) in [5.74, 6) is 0. The van der Waals surface area contributed by atoms with Gasteiger partial charge in [-0.1, -0.05) is 38.1 Å². The zero-order valence-electron chi connectivity index (χ0n) is 12.1. The summed E-state index contributed by atoms with van der Waals surface area (Å²) in [5, 5.41) is 7.75. The van der Waals surface area contributed by atoms with E-state index in [0.29, 0.717) is 6.04 Å². The molecule has 2 aromatic rings. The molecule has 3 heteroatoms. The summed E-state index contributed by atoms with van der Waals surface area (Å²) in [6.45, 7) is 8.32. The molecule has 0 saturated carbocycles. The third-order valence-corrected chi connectivity index (χ3v) is 3.25. The maximum absolute atomic E-state index is 4.31. The van der Waals surface area contributed by atoms with E-state index in [4.69, 9.17) is 0 Å². The number of aromatic nitrogens is 2. The molecule has 0 aliphatic carbocycles. The van der Waals surface area contributed by atoms with Crippen LogP contribution in [0.4, 0.5) is 0 Å². The molecule has 0 aliphatic rings. The number of hydrogen-bond donors (Lipinski definition) is 1. The van der Waals surface area contributed by atoms with Gasteiger partial charge < -0.3 is 5.32 Å². The Kier molecular flexibility index (Phi) is 4.74. The van der Waals surface area contributed by atoms with Crippen molar-refractivity contribution in [2.75, 3.05) is 6.54 Å². The van der Waals surface area contributed by atoms with Gasteiger partial charge in [-0.3, -0.25) is 4.68 Å². The molecular formula is C16H23N3. The Morgan fingerprint density at radius 1 is 1.11 bits per heavy atom. The molecule has 0 amide bonds. The van der Waals surface area contributed by atoms with E-state index in [9.17, 15) is 0 Å². The second-order valence-electron chi connectivity index (χ2n) is 5.31. The quantitative estimate of drug-likeness (QED) is 0.862. The molecule has 0 radical (unpaired) electrons. The Morgan fingerprint density at radius 3 is 2.37 bits per heavy atom. The molecule has 1 heterocycles. The van der Waals surface area contributed by atoms with E-state index in [-0.39, 0.29) is 0 Å². The van der Waals surface area contributed by atoms with Gasteiger partial charge in [0, 0.05) is 17.9 Å². The summed E-state index contributed by atoms with van der Waals surface area (Å²) < 4.78 is 2.02. The Labute approximate surface area is 115 Å². The van der Waals surface area contributed by atoms with Gasteiger partial charge in [0.2, 0.25) is 0 Å². The Hall–Kier alpha value is -1.61. The molecule has 0 spiro atoms. The molecular weight excluding hydrogens is 234 g/mol. The van der Waals surface area contributed by atoms with Crippen LogP contribution in [0.1, 0.15) is 30.7 Å². The van der Waals surface area contributed by atoms with Crippen LogP contribution in [0.5, 0.6) is 0 Å². The van der Waals surface area contributed by atoms with Gasteiger partial charge in [-0.25, -0.2) is 0 Å². The number of rotatable bonds is 6. The van der Waals surface area contributed by atoms with Crippen LogP contribution in [-0.2, 0) is 13.0 Å². The monoisotopic (exact) mass is 257 g/mol. The van der Waals surface area contributed by atoms with Crippen molar-refractivity contribution in [1.82, 2.24) is 15.1 Å². The Bertz CT molecular complexity index is 497. The van der Waals surface area contributed by atoms with Crippen molar-refractivity contribution in [3.05, 3.63) is 53.3 Å². The second-order valence-corrected chi connectivity index (χ2v) is 5.31. The third kappa shape index (κ3) is 4.21. The van der Waals surface area contributed by atoms with Crippen LogP contribution in [0.15, 0.2) is 36.5 Å². The molecule has 0 saturated heterocycles. The van der Waals surface area contributed by atoms with Crippen LogP contribution in [0.3, 0.4) is 0 Å². The Morgan fingerprint density at radius 2 is 1.79 bits per heavy atom. The van der Waals surface area contributed by atoms with Gasteiger partial charge in [-0.05, 0) is 37.1 Å². The fourth-order valence-corrected chi connectivity index (χ4v) is 2.05. The largest absolute Gasteiger partial charge is 0.314 e. The molecule has 1 aromatic heterocycles. The zero-order valence-corrected chi connectivity index (χ0v) is 12.1. The number of benzene rings is 1. The summed E-state index contributed by atoms with van der Waals surface area (Å²) in [4.78, 5) is 0. The molecule has 0 fully saturated rings. The highest BCUT2D eigenvalue weighted by Gasteiger charge is 2.00. The standard InChI is InChI=1S/C16H23N3/c1-13(2)17-10-9-15-4-6-16(7-5-15)12-19-14(3)8-11-18-19/h4-8,11,13,17H,9-10,12H2,1-3H3. The number of nitrogens with one attached hydrogen (secondary N) is 1. The van der Waals surface area contributed by atoms with Gasteiger partial charge >= 0.3 is 0 Å². The molecule has 1 aromatic carbocycles. The maximum Gasteiger partial charge on any atom is 0.0662 e. The third-order valence-electron chi connectivity index (χ3n) is 3.25. The SMILES string of the molecule is Cc1ccnn1Cc1ccc(CCNC(C)C)cc1. The van der Waals surface area contributed by atoms with Crippen molar-refractivity contribution >= 4 is 0 Å². The lowest BCUT2D eigenvalue weighted by Crippen LogP contribution is -2.24. The van der Waals surface area contributed by atoms with E-state index in [2.05, 4.69) is 55.5 Å². The van der Waals surface area contributed by atoms with Gasteiger partial charge in [-0.2, -0.15) is 5.10 Å². The topological polar surface area (TPSA) is 29.9 Å². The highest BCUT2D eigenvalue weighted by Crippen LogP contribution is 2.08. The average Bonchev–Trinajstić information content (AvgIpc) is 2.77. The van der Waals surface area contributed by atoms with E-state index in [1.54, 1.807) is 0 Å². The molecule has 102 valence electrons. The van der Waals surface area contributed by atoms with E-state index < -0.39 is 0 Å².